The molecule has 4 aromatic rings. The standard InChI is InChI=1S/C22H17FN2O2S/c23-14-7-6-12-2-1-3-18(15(12)8-14)25-19(11-24-22(25)28)17-9-16(13-4-5-13)20(26)10-21(17)27/h1-3,6-11,13,26-27H,4-5H2,(H,24,28). The SMILES string of the molecule is Oc1cc(O)c(C2CC2)cc1-c1c[nH]c(=S)n1-c1cccc2ccc(F)cc12. The number of aromatic hydroxyl groups is 2. The van der Waals surface area contributed by atoms with Crippen molar-refractivity contribution in [2.24, 2.45) is 0 Å². The summed E-state index contributed by atoms with van der Waals surface area (Å²) in [6, 6.07) is 13.5. The van der Waals surface area contributed by atoms with Gasteiger partial charge in [-0.2, -0.15) is 0 Å². The fourth-order valence-electron chi connectivity index (χ4n) is 3.75. The van der Waals surface area contributed by atoms with Crippen LogP contribution in [0.25, 0.3) is 27.7 Å². The van der Waals surface area contributed by atoms with Gasteiger partial charge in [0.2, 0.25) is 0 Å². The van der Waals surface area contributed by atoms with Crippen LogP contribution in [0.1, 0.15) is 24.3 Å². The molecule has 1 fully saturated rings. The van der Waals surface area contributed by atoms with Crippen molar-refractivity contribution < 1.29 is 14.6 Å². The molecule has 140 valence electrons. The second kappa shape index (κ2) is 6.21. The molecule has 1 aromatic heterocycles. The van der Waals surface area contributed by atoms with Crippen molar-refractivity contribution in [3.05, 3.63) is 70.9 Å². The molecule has 28 heavy (non-hydrogen) atoms. The Bertz CT molecular complexity index is 1290. The number of halogens is 1. The second-order valence-corrected chi connectivity index (χ2v) is 7.55. The summed E-state index contributed by atoms with van der Waals surface area (Å²) in [5, 5.41) is 22.3. The molecule has 1 aliphatic rings. The van der Waals surface area contributed by atoms with E-state index in [4.69, 9.17) is 12.2 Å². The number of imidazole rings is 1. The zero-order chi connectivity index (χ0) is 19.4. The van der Waals surface area contributed by atoms with E-state index in [1.54, 1.807) is 16.8 Å². The summed E-state index contributed by atoms with van der Waals surface area (Å²) >= 11 is 5.50. The highest BCUT2D eigenvalue weighted by Gasteiger charge is 2.28. The van der Waals surface area contributed by atoms with Crippen molar-refractivity contribution in [2.45, 2.75) is 18.8 Å². The molecule has 1 aliphatic carbocycles. The van der Waals surface area contributed by atoms with Gasteiger partial charge in [0.25, 0.3) is 0 Å². The van der Waals surface area contributed by atoms with E-state index in [0.717, 1.165) is 34.9 Å². The number of hydrogen-bond donors (Lipinski definition) is 3. The summed E-state index contributed by atoms with van der Waals surface area (Å²) in [5.74, 6) is 0.0705. The number of phenolic OH excluding ortho intramolecular Hbond substituents is 2. The summed E-state index contributed by atoms with van der Waals surface area (Å²) in [4.78, 5) is 3.03. The summed E-state index contributed by atoms with van der Waals surface area (Å²) in [7, 11) is 0. The molecular formula is C22H17FN2O2S. The first kappa shape index (κ1) is 17.0. The molecule has 1 heterocycles. The number of nitrogens with one attached hydrogen (secondary N) is 1. The lowest BCUT2D eigenvalue weighted by atomic mass is 10.0. The predicted molar refractivity (Wildman–Crippen MR) is 109 cm³/mol. The lowest BCUT2D eigenvalue weighted by molar-refractivity contribution is 0.447. The largest absolute Gasteiger partial charge is 0.508 e. The number of H-pyrrole nitrogens is 1. The smallest absolute Gasteiger partial charge is 0.182 e. The lowest BCUT2D eigenvalue weighted by Gasteiger charge is -2.14. The van der Waals surface area contributed by atoms with Gasteiger partial charge >= 0.3 is 0 Å². The van der Waals surface area contributed by atoms with Crippen molar-refractivity contribution in [1.82, 2.24) is 9.55 Å². The van der Waals surface area contributed by atoms with E-state index in [9.17, 15) is 14.6 Å². The Morgan fingerprint density at radius 2 is 1.86 bits per heavy atom. The van der Waals surface area contributed by atoms with Crippen molar-refractivity contribution in [3.8, 4) is 28.4 Å². The molecule has 0 saturated heterocycles. The van der Waals surface area contributed by atoms with Crippen LogP contribution in [0, 0.1) is 10.6 Å². The lowest BCUT2D eigenvalue weighted by Crippen LogP contribution is -1.99. The third-order valence-corrected chi connectivity index (χ3v) is 5.58. The van der Waals surface area contributed by atoms with Crippen LogP contribution in [0.4, 0.5) is 4.39 Å². The minimum absolute atomic E-state index is 0.0314. The topological polar surface area (TPSA) is 61.2 Å². The molecule has 0 bridgehead atoms. The monoisotopic (exact) mass is 392 g/mol. The van der Waals surface area contributed by atoms with E-state index in [0.29, 0.717) is 21.9 Å². The highest BCUT2D eigenvalue weighted by atomic mass is 32.1. The second-order valence-electron chi connectivity index (χ2n) is 7.16. The zero-order valence-electron chi connectivity index (χ0n) is 14.8. The first-order chi connectivity index (χ1) is 13.5. The number of nitrogens with zero attached hydrogens (tertiary/aromatic N) is 1. The molecule has 3 aromatic carbocycles. The van der Waals surface area contributed by atoms with Crippen LogP contribution < -0.4 is 0 Å². The molecule has 3 N–H and O–H groups in total. The van der Waals surface area contributed by atoms with Crippen LogP contribution in [0.2, 0.25) is 0 Å². The number of aromatic amines is 1. The van der Waals surface area contributed by atoms with Crippen LogP contribution in [-0.4, -0.2) is 19.8 Å². The predicted octanol–water partition coefficient (Wildman–Crippen LogP) is 5.78. The number of phenols is 2. The molecule has 1 saturated carbocycles. The fourth-order valence-corrected chi connectivity index (χ4v) is 4.01. The zero-order valence-corrected chi connectivity index (χ0v) is 15.6. The number of rotatable bonds is 3. The minimum atomic E-state index is -0.327. The maximum atomic E-state index is 13.9. The van der Waals surface area contributed by atoms with Gasteiger partial charge in [-0.05, 0) is 66.2 Å². The van der Waals surface area contributed by atoms with Gasteiger partial charge in [-0.25, -0.2) is 4.39 Å². The first-order valence-electron chi connectivity index (χ1n) is 9.08. The van der Waals surface area contributed by atoms with E-state index in [1.165, 1.54) is 18.2 Å². The number of fused-ring (bicyclic) bond motifs is 1. The maximum Gasteiger partial charge on any atom is 0.182 e. The van der Waals surface area contributed by atoms with Crippen molar-refractivity contribution in [3.63, 3.8) is 0 Å². The maximum absolute atomic E-state index is 13.9. The van der Waals surface area contributed by atoms with Gasteiger partial charge in [-0.3, -0.25) is 4.57 Å². The van der Waals surface area contributed by atoms with Gasteiger partial charge in [0.15, 0.2) is 4.77 Å². The molecule has 6 heteroatoms. The quantitative estimate of drug-likeness (QED) is 0.387. The van der Waals surface area contributed by atoms with Gasteiger partial charge in [-0.1, -0.05) is 18.2 Å². The number of benzene rings is 3. The normalized spacial score (nSPS) is 13.9. The third-order valence-electron chi connectivity index (χ3n) is 5.28. The summed E-state index contributed by atoms with van der Waals surface area (Å²) < 4.78 is 16.2. The molecule has 0 unspecified atom stereocenters. The summed E-state index contributed by atoms with van der Waals surface area (Å²) in [6.45, 7) is 0. The fraction of sp³-hybridized carbons (Fsp3) is 0.136. The average Bonchev–Trinajstić information content (AvgIpc) is 3.44. The summed E-state index contributed by atoms with van der Waals surface area (Å²) in [5.41, 5.74) is 2.77. The Morgan fingerprint density at radius 3 is 2.64 bits per heavy atom. The third kappa shape index (κ3) is 2.68. The summed E-state index contributed by atoms with van der Waals surface area (Å²) in [6.07, 6.45) is 3.78. The van der Waals surface area contributed by atoms with Crippen LogP contribution in [0.15, 0.2) is 54.7 Å². The molecule has 0 spiro atoms. The molecular weight excluding hydrogens is 375 g/mol. The Hall–Kier alpha value is -3.12. The van der Waals surface area contributed by atoms with E-state index < -0.39 is 0 Å². The van der Waals surface area contributed by atoms with Crippen molar-refractivity contribution in [2.75, 3.05) is 0 Å². The van der Waals surface area contributed by atoms with Gasteiger partial charge in [0.05, 0.1) is 11.4 Å². The Labute approximate surface area is 165 Å². The highest BCUT2D eigenvalue weighted by molar-refractivity contribution is 7.71. The van der Waals surface area contributed by atoms with Gasteiger partial charge in [0, 0.05) is 23.2 Å². The Morgan fingerprint density at radius 1 is 1.04 bits per heavy atom. The van der Waals surface area contributed by atoms with Crippen LogP contribution in [0.3, 0.4) is 0 Å². The van der Waals surface area contributed by atoms with Crippen molar-refractivity contribution >= 4 is 23.0 Å². The van der Waals surface area contributed by atoms with Crippen molar-refractivity contribution in [1.29, 1.82) is 0 Å². The first-order valence-corrected chi connectivity index (χ1v) is 9.49. The number of hydrogen-bond acceptors (Lipinski definition) is 3. The molecule has 4 nitrogen and oxygen atoms in total. The van der Waals surface area contributed by atoms with E-state index in [1.807, 2.05) is 24.3 Å². The van der Waals surface area contributed by atoms with Crippen LogP contribution in [-0.2, 0) is 0 Å². The van der Waals surface area contributed by atoms with Crippen LogP contribution in [0.5, 0.6) is 11.5 Å². The van der Waals surface area contributed by atoms with E-state index >= 15 is 0 Å². The van der Waals surface area contributed by atoms with E-state index in [-0.39, 0.29) is 17.3 Å². The molecule has 0 atom stereocenters. The molecule has 0 aliphatic heterocycles. The number of aromatic nitrogens is 2. The van der Waals surface area contributed by atoms with Gasteiger partial charge in [0.1, 0.15) is 17.3 Å². The van der Waals surface area contributed by atoms with Gasteiger partial charge in [-0.15, -0.1) is 0 Å². The van der Waals surface area contributed by atoms with Crippen LogP contribution >= 0.6 is 12.2 Å². The molecule has 0 radical (unpaired) electrons. The highest BCUT2D eigenvalue weighted by Crippen LogP contribution is 2.47. The molecule has 5 rings (SSSR count). The minimum Gasteiger partial charge on any atom is -0.508 e. The van der Waals surface area contributed by atoms with E-state index in [2.05, 4.69) is 4.98 Å². The Kier molecular flexibility index (Phi) is 3.77. The van der Waals surface area contributed by atoms with Gasteiger partial charge < -0.3 is 15.2 Å². The average molecular weight is 392 g/mol. The molecule has 0 amide bonds. The Balaban J connectivity index is 1.78.